The Morgan fingerprint density at radius 2 is 2.33 bits per heavy atom. The van der Waals surface area contributed by atoms with Crippen molar-refractivity contribution in [2.45, 2.75) is 6.92 Å². The van der Waals surface area contributed by atoms with E-state index in [1.54, 1.807) is 6.20 Å². The van der Waals surface area contributed by atoms with Crippen molar-refractivity contribution in [1.82, 2.24) is 4.98 Å². The van der Waals surface area contributed by atoms with Gasteiger partial charge in [-0.25, -0.2) is 4.98 Å². The van der Waals surface area contributed by atoms with Crippen LogP contribution in [0.4, 0.5) is 5.69 Å². The van der Waals surface area contributed by atoms with Crippen molar-refractivity contribution >= 4 is 23.0 Å². The minimum absolute atomic E-state index is 0.330. The number of pyridine rings is 1. The monoisotopic (exact) mass is 182 g/mol. The number of hydrogen-bond donors (Lipinski definition) is 1. The number of methoxy groups -OCH3 is 1. The highest BCUT2D eigenvalue weighted by Crippen LogP contribution is 2.14. The Balaban J connectivity index is 3.16. The summed E-state index contributed by atoms with van der Waals surface area (Å²) in [6, 6.07) is 1.83. The molecule has 0 amide bonds. The number of nitrogens with zero attached hydrogens (tertiary/aromatic N) is 1. The van der Waals surface area contributed by atoms with Gasteiger partial charge in [0, 0.05) is 6.20 Å². The van der Waals surface area contributed by atoms with Crippen LogP contribution in [-0.2, 0) is 4.74 Å². The smallest absolute Gasteiger partial charge is 0.212 e. The van der Waals surface area contributed by atoms with E-state index in [1.165, 1.54) is 7.11 Å². The maximum Gasteiger partial charge on any atom is 0.212 e. The van der Waals surface area contributed by atoms with E-state index in [-0.39, 0.29) is 0 Å². The molecule has 0 radical (unpaired) electrons. The zero-order valence-corrected chi connectivity index (χ0v) is 7.81. The fourth-order valence-corrected chi connectivity index (χ4v) is 0.992. The van der Waals surface area contributed by atoms with E-state index in [9.17, 15) is 0 Å². The molecule has 0 aliphatic rings. The van der Waals surface area contributed by atoms with Crippen LogP contribution in [-0.4, -0.2) is 17.1 Å². The number of hydrogen-bond acceptors (Lipinski definition) is 4. The summed E-state index contributed by atoms with van der Waals surface area (Å²) in [5.74, 6) is 0. The molecule has 1 aromatic heterocycles. The van der Waals surface area contributed by atoms with Crippen molar-refractivity contribution in [1.29, 1.82) is 0 Å². The number of ether oxygens (including phenoxy) is 1. The van der Waals surface area contributed by atoms with Crippen LogP contribution in [0.5, 0.6) is 0 Å². The van der Waals surface area contributed by atoms with Crippen molar-refractivity contribution < 1.29 is 4.74 Å². The molecule has 0 atom stereocenters. The van der Waals surface area contributed by atoms with Gasteiger partial charge < -0.3 is 10.5 Å². The number of aryl methyl sites for hydroxylation is 1. The lowest BCUT2D eigenvalue weighted by atomic mass is 10.2. The molecule has 0 bridgehead atoms. The molecule has 0 fully saturated rings. The highest BCUT2D eigenvalue weighted by Gasteiger charge is 2.07. The first-order chi connectivity index (χ1) is 5.66. The molecule has 3 nitrogen and oxygen atoms in total. The Kier molecular flexibility index (Phi) is 2.60. The predicted octanol–water partition coefficient (Wildman–Crippen LogP) is 1.29. The Labute approximate surface area is 76.6 Å². The number of anilines is 1. The molecule has 2 N–H and O–H groups in total. The molecule has 0 aromatic carbocycles. The SMILES string of the molecule is COC(=S)c1nccc(C)c1N. The highest BCUT2D eigenvalue weighted by molar-refractivity contribution is 7.80. The quantitative estimate of drug-likeness (QED) is 0.665. The fourth-order valence-electron chi connectivity index (χ4n) is 0.829. The van der Waals surface area contributed by atoms with E-state index in [4.69, 9.17) is 22.7 Å². The normalized spacial score (nSPS) is 9.50. The first-order valence-electron chi connectivity index (χ1n) is 3.46. The number of rotatable bonds is 1. The molecule has 12 heavy (non-hydrogen) atoms. The highest BCUT2D eigenvalue weighted by atomic mass is 32.1. The number of aromatic nitrogens is 1. The van der Waals surface area contributed by atoms with Gasteiger partial charge in [0.25, 0.3) is 0 Å². The third-order valence-electron chi connectivity index (χ3n) is 1.59. The fraction of sp³-hybridized carbons (Fsp3) is 0.250. The van der Waals surface area contributed by atoms with Crippen molar-refractivity contribution in [3.8, 4) is 0 Å². The van der Waals surface area contributed by atoms with Gasteiger partial charge in [-0.3, -0.25) is 0 Å². The summed E-state index contributed by atoms with van der Waals surface area (Å²) in [5, 5.41) is 0.330. The second-order valence-corrected chi connectivity index (χ2v) is 2.75. The van der Waals surface area contributed by atoms with Crippen molar-refractivity contribution in [3.63, 3.8) is 0 Å². The third kappa shape index (κ3) is 1.53. The lowest BCUT2D eigenvalue weighted by Gasteiger charge is -2.06. The molecule has 0 spiro atoms. The molecule has 0 saturated heterocycles. The molecule has 64 valence electrons. The summed E-state index contributed by atoms with van der Waals surface area (Å²) in [7, 11) is 1.51. The van der Waals surface area contributed by atoms with Crippen LogP contribution in [0, 0.1) is 6.92 Å². The van der Waals surface area contributed by atoms with E-state index in [1.807, 2.05) is 13.0 Å². The zero-order chi connectivity index (χ0) is 9.14. The minimum Gasteiger partial charge on any atom is -0.485 e. The summed E-state index contributed by atoms with van der Waals surface area (Å²) in [5.41, 5.74) is 7.82. The maximum atomic E-state index is 5.73. The van der Waals surface area contributed by atoms with Crippen LogP contribution >= 0.6 is 12.2 Å². The van der Waals surface area contributed by atoms with Crippen molar-refractivity contribution in [3.05, 3.63) is 23.5 Å². The van der Waals surface area contributed by atoms with Gasteiger partial charge in [-0.05, 0) is 30.8 Å². The molecule has 0 saturated carbocycles. The summed E-state index contributed by atoms with van der Waals surface area (Å²) < 4.78 is 4.86. The molecular weight excluding hydrogens is 172 g/mol. The van der Waals surface area contributed by atoms with Gasteiger partial charge >= 0.3 is 0 Å². The van der Waals surface area contributed by atoms with E-state index in [0.29, 0.717) is 16.4 Å². The summed E-state index contributed by atoms with van der Waals surface area (Å²) in [4.78, 5) is 4.02. The second kappa shape index (κ2) is 3.49. The van der Waals surface area contributed by atoms with Crippen LogP contribution in [0.3, 0.4) is 0 Å². The third-order valence-corrected chi connectivity index (χ3v) is 1.95. The van der Waals surface area contributed by atoms with Gasteiger partial charge in [-0.1, -0.05) is 0 Å². The maximum absolute atomic E-state index is 5.73. The second-order valence-electron chi connectivity index (χ2n) is 2.38. The van der Waals surface area contributed by atoms with E-state index in [2.05, 4.69) is 4.98 Å². The van der Waals surface area contributed by atoms with Crippen LogP contribution < -0.4 is 5.73 Å². The van der Waals surface area contributed by atoms with Gasteiger partial charge in [0.1, 0.15) is 5.69 Å². The summed E-state index contributed by atoms with van der Waals surface area (Å²) in [6.07, 6.45) is 1.66. The standard InChI is InChI=1S/C8H10N2OS/c1-5-3-4-10-7(6(5)9)8(12)11-2/h3-4H,9H2,1-2H3. The molecule has 0 unspecified atom stereocenters. The van der Waals surface area contributed by atoms with Crippen molar-refractivity contribution in [2.75, 3.05) is 12.8 Å². The lowest BCUT2D eigenvalue weighted by molar-refractivity contribution is 0.414. The Morgan fingerprint density at radius 3 is 2.92 bits per heavy atom. The Hall–Kier alpha value is -1.16. The molecule has 4 heteroatoms. The molecule has 0 aliphatic carbocycles. The van der Waals surface area contributed by atoms with Crippen LogP contribution in [0.2, 0.25) is 0 Å². The van der Waals surface area contributed by atoms with Gasteiger partial charge in [0.2, 0.25) is 5.05 Å². The minimum atomic E-state index is 0.330. The van der Waals surface area contributed by atoms with Gasteiger partial charge in [-0.2, -0.15) is 0 Å². The van der Waals surface area contributed by atoms with E-state index >= 15 is 0 Å². The molecule has 0 aliphatic heterocycles. The Morgan fingerprint density at radius 1 is 1.67 bits per heavy atom. The molecule has 1 rings (SSSR count). The molecule has 1 aromatic rings. The first kappa shape index (κ1) is 8.93. The van der Waals surface area contributed by atoms with Gasteiger partial charge in [0.05, 0.1) is 12.8 Å². The first-order valence-corrected chi connectivity index (χ1v) is 3.87. The average Bonchev–Trinajstić information content (AvgIpc) is 2.08. The summed E-state index contributed by atoms with van der Waals surface area (Å²) >= 11 is 4.90. The lowest BCUT2D eigenvalue weighted by Crippen LogP contribution is -2.08. The average molecular weight is 182 g/mol. The van der Waals surface area contributed by atoms with Crippen molar-refractivity contribution in [2.24, 2.45) is 0 Å². The number of nitrogens with two attached hydrogens (primary N) is 1. The van der Waals surface area contributed by atoms with E-state index in [0.717, 1.165) is 5.56 Å². The number of thiocarbonyl (C=S) groups is 1. The van der Waals surface area contributed by atoms with Crippen LogP contribution in [0.15, 0.2) is 12.3 Å². The number of nitrogen functional groups attached to an aromatic ring is 1. The van der Waals surface area contributed by atoms with Gasteiger partial charge in [-0.15, -0.1) is 0 Å². The van der Waals surface area contributed by atoms with E-state index < -0.39 is 0 Å². The summed E-state index contributed by atoms with van der Waals surface area (Å²) in [6.45, 7) is 1.90. The Bertz CT molecular complexity index is 312. The predicted molar refractivity (Wildman–Crippen MR) is 52.1 cm³/mol. The zero-order valence-electron chi connectivity index (χ0n) is 7.00. The van der Waals surface area contributed by atoms with Crippen LogP contribution in [0.25, 0.3) is 0 Å². The molecular formula is C8H10N2OS. The van der Waals surface area contributed by atoms with Crippen LogP contribution in [0.1, 0.15) is 11.3 Å². The van der Waals surface area contributed by atoms with Gasteiger partial charge in [0.15, 0.2) is 0 Å². The molecule has 1 heterocycles. The topological polar surface area (TPSA) is 48.1 Å². The largest absolute Gasteiger partial charge is 0.485 e.